The summed E-state index contributed by atoms with van der Waals surface area (Å²) in [6, 6.07) is 8.85. The third-order valence-electron chi connectivity index (χ3n) is 4.34. The van der Waals surface area contributed by atoms with Crippen LogP contribution in [0.3, 0.4) is 0 Å². The van der Waals surface area contributed by atoms with E-state index in [1.54, 1.807) is 12.1 Å². The van der Waals surface area contributed by atoms with Crippen LogP contribution in [0.4, 0.5) is 11.4 Å². The number of nitrogens with zero attached hydrogens (tertiary/aromatic N) is 3. The molecule has 0 saturated carbocycles. The lowest BCUT2D eigenvalue weighted by atomic mass is 9.99. The molecule has 0 aliphatic rings. The maximum absolute atomic E-state index is 11.8. The highest BCUT2D eigenvalue weighted by Crippen LogP contribution is 2.33. The second-order valence-corrected chi connectivity index (χ2v) is 6.38. The highest BCUT2D eigenvalue weighted by atomic mass is 16.6. The van der Waals surface area contributed by atoms with E-state index in [4.69, 9.17) is 4.74 Å². The van der Waals surface area contributed by atoms with Gasteiger partial charge in [0.2, 0.25) is 5.75 Å². The molecule has 2 N–H and O–H groups in total. The topological polar surface area (TPSA) is 157 Å². The fourth-order valence-corrected chi connectivity index (χ4v) is 2.45. The summed E-state index contributed by atoms with van der Waals surface area (Å²) in [5.74, 6) is -0.524. The molecule has 0 saturated heterocycles. The Bertz CT molecular complexity index is 974. The van der Waals surface area contributed by atoms with E-state index in [1.165, 1.54) is 0 Å². The number of ether oxygens (including phenoxy) is 1. The van der Waals surface area contributed by atoms with Crippen molar-refractivity contribution in [3.05, 3.63) is 67.8 Å². The van der Waals surface area contributed by atoms with E-state index >= 15 is 0 Å². The van der Waals surface area contributed by atoms with E-state index in [9.17, 15) is 30.1 Å². The molecule has 30 heavy (non-hydrogen) atoms. The Morgan fingerprint density at radius 3 is 2.47 bits per heavy atom. The lowest BCUT2D eigenvalue weighted by Crippen LogP contribution is -2.24. The number of nitro groups is 2. The summed E-state index contributed by atoms with van der Waals surface area (Å²) in [6.45, 7) is 3.85. The molecule has 11 heteroatoms. The summed E-state index contributed by atoms with van der Waals surface area (Å²) in [6.07, 6.45) is 1.87. The lowest BCUT2D eigenvalue weighted by Gasteiger charge is -2.10. The van der Waals surface area contributed by atoms with Crippen molar-refractivity contribution in [2.45, 2.75) is 26.2 Å². The number of nitro benzene ring substituents is 2. The van der Waals surface area contributed by atoms with Crippen LogP contribution in [-0.4, -0.2) is 33.7 Å². The highest BCUT2D eigenvalue weighted by molar-refractivity contribution is 5.88. The second kappa shape index (κ2) is 9.96. The number of hydrogen-bond acceptors (Lipinski definition) is 8. The monoisotopic (exact) mass is 416 g/mol. The van der Waals surface area contributed by atoms with Gasteiger partial charge in [0, 0.05) is 6.07 Å². The summed E-state index contributed by atoms with van der Waals surface area (Å²) >= 11 is 0. The first-order valence-corrected chi connectivity index (χ1v) is 8.93. The van der Waals surface area contributed by atoms with E-state index < -0.39 is 32.9 Å². The summed E-state index contributed by atoms with van der Waals surface area (Å²) in [7, 11) is 0. The number of nitrogens with one attached hydrogen (secondary N) is 1. The number of aromatic hydroxyl groups is 1. The smallest absolute Gasteiger partial charge is 0.318 e. The minimum absolute atomic E-state index is 0.294. The van der Waals surface area contributed by atoms with Crippen molar-refractivity contribution < 1.29 is 24.5 Å². The van der Waals surface area contributed by atoms with Crippen molar-refractivity contribution in [1.29, 1.82) is 0 Å². The van der Waals surface area contributed by atoms with Crippen LogP contribution in [0.2, 0.25) is 0 Å². The lowest BCUT2D eigenvalue weighted by molar-refractivity contribution is -0.394. The summed E-state index contributed by atoms with van der Waals surface area (Å²) in [5, 5.41) is 35.2. The number of phenols is 1. The standard InChI is InChI=1S/C19H20N4O7/c1-3-12(2)13-4-6-16(7-5-13)30-11-18(24)21-20-10-14-8-15(22(26)27)9-17(19(14)25)23(28)29/h4-10,12,25H,3,11H2,1-2H3,(H,21,24)/b20-10+/t12-/m0/s1. The van der Waals surface area contributed by atoms with Gasteiger partial charge in [0.05, 0.1) is 27.7 Å². The maximum atomic E-state index is 11.8. The van der Waals surface area contributed by atoms with Crippen LogP contribution in [0.25, 0.3) is 0 Å². The van der Waals surface area contributed by atoms with Gasteiger partial charge in [-0.3, -0.25) is 25.0 Å². The number of non-ortho nitro benzene ring substituents is 1. The molecule has 0 bridgehead atoms. The molecule has 0 heterocycles. The van der Waals surface area contributed by atoms with Crippen molar-refractivity contribution in [3.8, 4) is 11.5 Å². The molecular weight excluding hydrogens is 396 g/mol. The molecule has 1 amide bonds. The normalized spacial score (nSPS) is 11.8. The van der Waals surface area contributed by atoms with Gasteiger partial charge in [-0.1, -0.05) is 26.0 Å². The van der Waals surface area contributed by atoms with E-state index in [-0.39, 0.29) is 12.2 Å². The molecule has 2 aromatic carbocycles. The summed E-state index contributed by atoms with van der Waals surface area (Å²) < 4.78 is 5.35. The summed E-state index contributed by atoms with van der Waals surface area (Å²) in [5.41, 5.74) is 1.54. The Labute approximate surface area is 171 Å². The highest BCUT2D eigenvalue weighted by Gasteiger charge is 2.23. The zero-order valence-electron chi connectivity index (χ0n) is 16.3. The molecule has 0 fully saturated rings. The largest absolute Gasteiger partial charge is 0.502 e. The number of hydrogen-bond donors (Lipinski definition) is 2. The van der Waals surface area contributed by atoms with Crippen LogP contribution in [0.15, 0.2) is 41.5 Å². The van der Waals surface area contributed by atoms with Gasteiger partial charge in [-0.15, -0.1) is 0 Å². The first-order chi connectivity index (χ1) is 14.2. The van der Waals surface area contributed by atoms with Gasteiger partial charge >= 0.3 is 5.69 Å². The number of amides is 1. The Kier molecular flexibility index (Phi) is 7.39. The molecule has 0 unspecified atom stereocenters. The predicted octanol–water partition coefficient (Wildman–Crippen LogP) is 3.25. The molecule has 2 rings (SSSR count). The molecule has 0 aromatic heterocycles. The number of hydrazone groups is 1. The van der Waals surface area contributed by atoms with Crippen LogP contribution in [0, 0.1) is 20.2 Å². The van der Waals surface area contributed by atoms with Gasteiger partial charge in [0.1, 0.15) is 5.75 Å². The molecule has 158 valence electrons. The van der Waals surface area contributed by atoms with Crippen molar-refractivity contribution in [1.82, 2.24) is 5.43 Å². The van der Waals surface area contributed by atoms with Crippen LogP contribution in [-0.2, 0) is 4.79 Å². The van der Waals surface area contributed by atoms with Crippen molar-refractivity contribution in [3.63, 3.8) is 0 Å². The number of carbonyl (C=O) groups is 1. The minimum Gasteiger partial charge on any atom is -0.502 e. The number of benzene rings is 2. The minimum atomic E-state index is -0.960. The van der Waals surface area contributed by atoms with E-state index in [0.29, 0.717) is 17.7 Å². The first-order valence-electron chi connectivity index (χ1n) is 8.93. The zero-order valence-corrected chi connectivity index (χ0v) is 16.3. The molecule has 0 spiro atoms. The predicted molar refractivity (Wildman–Crippen MR) is 108 cm³/mol. The molecule has 0 aliphatic carbocycles. The van der Waals surface area contributed by atoms with Gasteiger partial charge in [-0.05, 0) is 30.0 Å². The van der Waals surface area contributed by atoms with Crippen LogP contribution in [0.5, 0.6) is 11.5 Å². The number of rotatable bonds is 9. The van der Waals surface area contributed by atoms with E-state index in [1.807, 2.05) is 12.1 Å². The second-order valence-electron chi connectivity index (χ2n) is 6.38. The average Bonchev–Trinajstić information content (AvgIpc) is 2.72. The Balaban J connectivity index is 1.99. The fraction of sp³-hybridized carbons (Fsp3) is 0.263. The molecule has 2 aromatic rings. The van der Waals surface area contributed by atoms with Gasteiger partial charge in [-0.25, -0.2) is 5.43 Å². The van der Waals surface area contributed by atoms with Crippen LogP contribution >= 0.6 is 0 Å². The first kappa shape index (κ1) is 22.3. The van der Waals surface area contributed by atoms with E-state index in [2.05, 4.69) is 24.4 Å². The quantitative estimate of drug-likeness (QED) is 0.361. The molecule has 1 atom stereocenters. The third-order valence-corrected chi connectivity index (χ3v) is 4.34. The molecular formula is C19H20N4O7. The SMILES string of the molecule is CC[C@H](C)c1ccc(OCC(=O)N/N=C/c2cc([N+](=O)[O-])cc([N+](=O)[O-])c2O)cc1. The van der Waals surface area contributed by atoms with Gasteiger partial charge in [0.15, 0.2) is 6.61 Å². The molecule has 11 nitrogen and oxygen atoms in total. The number of carbonyl (C=O) groups excluding carboxylic acids is 1. The molecule has 0 aliphatic heterocycles. The van der Waals surface area contributed by atoms with Gasteiger partial charge in [-0.2, -0.15) is 5.10 Å². The maximum Gasteiger partial charge on any atom is 0.318 e. The Hall–Kier alpha value is -4.02. The van der Waals surface area contributed by atoms with E-state index in [0.717, 1.165) is 24.3 Å². The number of phenolic OH excluding ortho intramolecular Hbond substituents is 1. The zero-order chi connectivity index (χ0) is 22.3. The Morgan fingerprint density at radius 2 is 1.90 bits per heavy atom. The van der Waals surface area contributed by atoms with Crippen molar-refractivity contribution in [2.24, 2.45) is 5.10 Å². The van der Waals surface area contributed by atoms with Crippen molar-refractivity contribution >= 4 is 23.5 Å². The van der Waals surface area contributed by atoms with Crippen LogP contribution < -0.4 is 10.2 Å². The summed E-state index contributed by atoms with van der Waals surface area (Å²) in [4.78, 5) is 31.8. The van der Waals surface area contributed by atoms with Gasteiger partial charge < -0.3 is 9.84 Å². The molecule has 0 radical (unpaired) electrons. The third kappa shape index (κ3) is 5.74. The average molecular weight is 416 g/mol. The van der Waals surface area contributed by atoms with Crippen molar-refractivity contribution in [2.75, 3.05) is 6.61 Å². The Morgan fingerprint density at radius 1 is 1.23 bits per heavy atom. The van der Waals surface area contributed by atoms with Crippen LogP contribution in [0.1, 0.15) is 37.3 Å². The fourth-order valence-electron chi connectivity index (χ4n) is 2.45. The van der Waals surface area contributed by atoms with Gasteiger partial charge in [0.25, 0.3) is 11.6 Å².